The number of nitrogens with one attached hydrogen (secondary N) is 1. The number of thioether (sulfide) groups is 1. The molecule has 1 N–H and O–H groups in total. The van der Waals surface area contributed by atoms with Crippen LogP contribution in [0.25, 0.3) is 11.5 Å². The lowest BCUT2D eigenvalue weighted by atomic mass is 10.2. The molecule has 3 aromatic rings. The standard InChI is InChI=1S/C20H18ClN3O6S/c1-27-13-6-12(7-14(9-13)28-2)18-23-24-20(30-18)31-10-17(25)22-16-8-11(19(26)29-3)4-5-15(16)21/h4-9H,10H2,1-3H3,(H,22,25). The largest absolute Gasteiger partial charge is 0.497 e. The molecule has 31 heavy (non-hydrogen) atoms. The second-order valence-corrected chi connectivity index (χ2v) is 7.33. The maximum absolute atomic E-state index is 12.3. The normalized spacial score (nSPS) is 10.5. The van der Waals surface area contributed by atoms with Gasteiger partial charge in [-0.25, -0.2) is 4.79 Å². The molecule has 0 aliphatic heterocycles. The molecule has 1 amide bonds. The smallest absolute Gasteiger partial charge is 0.337 e. The molecule has 3 rings (SSSR count). The third-order valence-corrected chi connectivity index (χ3v) is 5.14. The van der Waals surface area contributed by atoms with Crippen LogP contribution in [-0.4, -0.2) is 49.2 Å². The number of benzene rings is 2. The minimum atomic E-state index is -0.533. The fourth-order valence-corrected chi connectivity index (χ4v) is 3.22. The Kier molecular flexibility index (Phi) is 7.37. The molecule has 1 heterocycles. The van der Waals surface area contributed by atoms with Crippen LogP contribution in [0, 0.1) is 0 Å². The number of halogens is 1. The van der Waals surface area contributed by atoms with Crippen molar-refractivity contribution in [1.29, 1.82) is 0 Å². The lowest BCUT2D eigenvalue weighted by Gasteiger charge is -2.08. The molecule has 9 nitrogen and oxygen atoms in total. The van der Waals surface area contributed by atoms with Crippen molar-refractivity contribution in [3.63, 3.8) is 0 Å². The number of hydrogen-bond donors (Lipinski definition) is 1. The minimum Gasteiger partial charge on any atom is -0.497 e. The van der Waals surface area contributed by atoms with Gasteiger partial charge in [-0.3, -0.25) is 4.79 Å². The van der Waals surface area contributed by atoms with E-state index in [9.17, 15) is 9.59 Å². The summed E-state index contributed by atoms with van der Waals surface area (Å²) in [7, 11) is 4.35. The van der Waals surface area contributed by atoms with Gasteiger partial charge in [-0.05, 0) is 30.3 Å². The van der Waals surface area contributed by atoms with E-state index in [2.05, 4.69) is 20.3 Å². The van der Waals surface area contributed by atoms with E-state index < -0.39 is 5.97 Å². The van der Waals surface area contributed by atoms with E-state index in [-0.39, 0.29) is 33.4 Å². The van der Waals surface area contributed by atoms with Gasteiger partial charge in [-0.15, -0.1) is 10.2 Å². The van der Waals surface area contributed by atoms with E-state index in [0.29, 0.717) is 22.7 Å². The van der Waals surface area contributed by atoms with Gasteiger partial charge in [-0.1, -0.05) is 23.4 Å². The number of hydrogen-bond acceptors (Lipinski definition) is 9. The quantitative estimate of drug-likeness (QED) is 0.392. The zero-order valence-electron chi connectivity index (χ0n) is 16.8. The maximum Gasteiger partial charge on any atom is 0.337 e. The Hall–Kier alpha value is -3.24. The molecule has 0 saturated carbocycles. The number of aromatic nitrogens is 2. The van der Waals surface area contributed by atoms with Crippen LogP contribution in [0.15, 0.2) is 46.0 Å². The third-order valence-electron chi connectivity index (χ3n) is 3.99. The first kappa shape index (κ1) is 22.4. The molecular formula is C20H18ClN3O6S. The Balaban J connectivity index is 1.65. The van der Waals surface area contributed by atoms with Gasteiger partial charge in [0, 0.05) is 11.6 Å². The average Bonchev–Trinajstić information content (AvgIpc) is 3.27. The lowest BCUT2D eigenvalue weighted by molar-refractivity contribution is -0.113. The molecule has 2 aromatic carbocycles. The van der Waals surface area contributed by atoms with E-state index >= 15 is 0 Å². The van der Waals surface area contributed by atoms with Gasteiger partial charge < -0.3 is 23.9 Å². The highest BCUT2D eigenvalue weighted by Crippen LogP contribution is 2.30. The van der Waals surface area contributed by atoms with E-state index in [1.807, 2.05) is 0 Å². The topological polar surface area (TPSA) is 113 Å². The Morgan fingerprint density at radius 2 is 1.77 bits per heavy atom. The molecular weight excluding hydrogens is 446 g/mol. The van der Waals surface area contributed by atoms with Crippen molar-refractivity contribution in [1.82, 2.24) is 10.2 Å². The van der Waals surface area contributed by atoms with Crippen LogP contribution in [0.5, 0.6) is 11.5 Å². The van der Waals surface area contributed by atoms with Crippen molar-refractivity contribution in [2.24, 2.45) is 0 Å². The highest BCUT2D eigenvalue weighted by atomic mass is 35.5. The van der Waals surface area contributed by atoms with Gasteiger partial charge >= 0.3 is 5.97 Å². The number of carbonyl (C=O) groups is 2. The SMILES string of the molecule is COC(=O)c1ccc(Cl)c(NC(=O)CSc2nnc(-c3cc(OC)cc(OC)c3)o2)c1. The number of rotatable bonds is 8. The van der Waals surface area contributed by atoms with Crippen LogP contribution in [0.4, 0.5) is 5.69 Å². The number of methoxy groups -OCH3 is 3. The summed E-state index contributed by atoms with van der Waals surface area (Å²) in [6.45, 7) is 0. The van der Waals surface area contributed by atoms with E-state index in [1.54, 1.807) is 32.4 Å². The molecule has 11 heteroatoms. The van der Waals surface area contributed by atoms with Gasteiger partial charge in [0.05, 0.1) is 43.4 Å². The number of anilines is 1. The van der Waals surface area contributed by atoms with Crippen molar-refractivity contribution in [2.45, 2.75) is 5.22 Å². The molecule has 1 aromatic heterocycles. The molecule has 0 radical (unpaired) electrons. The van der Waals surface area contributed by atoms with Crippen LogP contribution in [0.2, 0.25) is 5.02 Å². The number of carbonyl (C=O) groups excluding carboxylic acids is 2. The average molecular weight is 464 g/mol. The molecule has 0 atom stereocenters. The van der Waals surface area contributed by atoms with Gasteiger partial charge in [-0.2, -0.15) is 0 Å². The number of nitrogens with zero attached hydrogens (tertiary/aromatic N) is 2. The Bertz CT molecular complexity index is 1080. The van der Waals surface area contributed by atoms with Crippen LogP contribution in [0.3, 0.4) is 0 Å². The number of ether oxygens (including phenoxy) is 3. The van der Waals surface area contributed by atoms with Crippen LogP contribution in [0.1, 0.15) is 10.4 Å². The second-order valence-electron chi connectivity index (χ2n) is 6.00. The first-order chi connectivity index (χ1) is 14.9. The summed E-state index contributed by atoms with van der Waals surface area (Å²) in [5.41, 5.74) is 1.18. The van der Waals surface area contributed by atoms with Crippen molar-refractivity contribution in [3.8, 4) is 23.0 Å². The predicted molar refractivity (Wildman–Crippen MR) is 115 cm³/mol. The fraction of sp³-hybridized carbons (Fsp3) is 0.200. The number of esters is 1. The van der Waals surface area contributed by atoms with Gasteiger partial charge in [0.25, 0.3) is 5.22 Å². The lowest BCUT2D eigenvalue weighted by Crippen LogP contribution is -2.15. The van der Waals surface area contributed by atoms with Crippen LogP contribution < -0.4 is 14.8 Å². The summed E-state index contributed by atoms with van der Waals surface area (Å²) >= 11 is 7.15. The van der Waals surface area contributed by atoms with Crippen LogP contribution >= 0.6 is 23.4 Å². The summed E-state index contributed by atoms with van der Waals surface area (Å²) in [5.74, 6) is 0.501. The molecule has 0 aliphatic carbocycles. The van der Waals surface area contributed by atoms with Crippen LogP contribution in [-0.2, 0) is 9.53 Å². The highest BCUT2D eigenvalue weighted by molar-refractivity contribution is 7.99. The monoisotopic (exact) mass is 463 g/mol. The van der Waals surface area contributed by atoms with E-state index in [0.717, 1.165) is 11.8 Å². The Morgan fingerprint density at radius 1 is 1.06 bits per heavy atom. The van der Waals surface area contributed by atoms with Crippen molar-refractivity contribution in [3.05, 3.63) is 47.0 Å². The Morgan fingerprint density at radius 3 is 2.42 bits per heavy atom. The summed E-state index contributed by atoms with van der Waals surface area (Å²) in [5, 5.41) is 11.1. The van der Waals surface area contributed by atoms with E-state index in [1.165, 1.54) is 25.3 Å². The minimum absolute atomic E-state index is 0.0121. The van der Waals surface area contributed by atoms with Gasteiger partial charge in [0.15, 0.2) is 0 Å². The Labute approximate surface area is 187 Å². The second kappa shape index (κ2) is 10.2. The fourth-order valence-electron chi connectivity index (χ4n) is 2.50. The molecule has 0 spiro atoms. The molecule has 0 saturated heterocycles. The zero-order valence-corrected chi connectivity index (χ0v) is 18.4. The molecule has 0 bridgehead atoms. The molecule has 162 valence electrons. The molecule has 0 aliphatic rings. The van der Waals surface area contributed by atoms with Crippen molar-refractivity contribution >= 4 is 40.9 Å². The molecule has 0 unspecified atom stereocenters. The third kappa shape index (κ3) is 5.68. The van der Waals surface area contributed by atoms with E-state index in [4.69, 9.17) is 25.5 Å². The van der Waals surface area contributed by atoms with Gasteiger partial charge in [0.1, 0.15) is 11.5 Å². The molecule has 0 fully saturated rings. The summed E-state index contributed by atoms with van der Waals surface area (Å²) in [6, 6.07) is 9.63. The summed E-state index contributed by atoms with van der Waals surface area (Å²) in [4.78, 5) is 24.0. The predicted octanol–water partition coefficient (Wildman–Crippen LogP) is 3.92. The maximum atomic E-state index is 12.3. The summed E-state index contributed by atoms with van der Waals surface area (Å²) in [6.07, 6.45) is 0. The zero-order chi connectivity index (χ0) is 22.4. The van der Waals surface area contributed by atoms with Crippen molar-refractivity contribution < 1.29 is 28.2 Å². The number of amides is 1. The van der Waals surface area contributed by atoms with Crippen molar-refractivity contribution in [2.75, 3.05) is 32.4 Å². The van der Waals surface area contributed by atoms with Gasteiger partial charge in [0.2, 0.25) is 11.8 Å². The highest BCUT2D eigenvalue weighted by Gasteiger charge is 2.15. The first-order valence-corrected chi connectivity index (χ1v) is 10.2. The first-order valence-electron chi connectivity index (χ1n) is 8.81. The summed E-state index contributed by atoms with van der Waals surface area (Å²) < 4.78 is 20.8.